The minimum absolute atomic E-state index is 0.581. The second kappa shape index (κ2) is 6.19. The molecule has 3 rings (SSSR count). The standard InChI is InChI=1S/C16H20N4O2/c1-11-18-15(12-5-3-4-6-13(12)21-2)14(17)16(19-11)20-7-9-22-10-8-20/h3-6H,7-10,17H2,1-2H3. The number of nitrogen functional groups attached to an aromatic ring is 1. The van der Waals surface area contributed by atoms with E-state index >= 15 is 0 Å². The van der Waals surface area contributed by atoms with Crippen molar-refractivity contribution in [1.29, 1.82) is 0 Å². The van der Waals surface area contributed by atoms with Crippen molar-refractivity contribution in [3.8, 4) is 17.0 Å². The predicted octanol–water partition coefficient (Wildman–Crippen LogP) is 1.88. The Hall–Kier alpha value is -2.34. The molecule has 0 spiro atoms. The molecule has 0 bridgehead atoms. The SMILES string of the molecule is COc1ccccc1-c1nc(C)nc(N2CCOCC2)c1N. The molecule has 0 saturated carbocycles. The maximum atomic E-state index is 6.38. The molecule has 0 radical (unpaired) electrons. The number of aromatic nitrogens is 2. The third-order valence-electron chi connectivity index (χ3n) is 3.71. The van der Waals surface area contributed by atoms with Crippen LogP contribution in [0.25, 0.3) is 11.3 Å². The molecule has 1 aromatic heterocycles. The van der Waals surface area contributed by atoms with Gasteiger partial charge in [0.1, 0.15) is 23.0 Å². The van der Waals surface area contributed by atoms with Gasteiger partial charge in [0, 0.05) is 18.7 Å². The molecular formula is C16H20N4O2. The van der Waals surface area contributed by atoms with Gasteiger partial charge in [0.05, 0.1) is 20.3 Å². The first kappa shape index (κ1) is 14.6. The predicted molar refractivity (Wildman–Crippen MR) is 86.2 cm³/mol. The average molecular weight is 300 g/mol. The first-order valence-electron chi connectivity index (χ1n) is 7.31. The van der Waals surface area contributed by atoms with E-state index in [9.17, 15) is 0 Å². The molecule has 1 fully saturated rings. The van der Waals surface area contributed by atoms with Crippen molar-refractivity contribution >= 4 is 11.5 Å². The monoisotopic (exact) mass is 300 g/mol. The molecular weight excluding hydrogens is 280 g/mol. The number of aryl methyl sites for hydroxylation is 1. The topological polar surface area (TPSA) is 73.5 Å². The summed E-state index contributed by atoms with van der Waals surface area (Å²) >= 11 is 0. The fraction of sp³-hybridized carbons (Fsp3) is 0.375. The number of rotatable bonds is 3. The average Bonchev–Trinajstić information content (AvgIpc) is 2.57. The van der Waals surface area contributed by atoms with E-state index in [1.165, 1.54) is 0 Å². The van der Waals surface area contributed by atoms with Gasteiger partial charge in [-0.15, -0.1) is 0 Å². The minimum Gasteiger partial charge on any atom is -0.496 e. The molecule has 6 heteroatoms. The Balaban J connectivity index is 2.10. The van der Waals surface area contributed by atoms with Gasteiger partial charge in [0.2, 0.25) is 0 Å². The number of hydrogen-bond donors (Lipinski definition) is 1. The van der Waals surface area contributed by atoms with Gasteiger partial charge in [-0.25, -0.2) is 9.97 Å². The highest BCUT2D eigenvalue weighted by molar-refractivity contribution is 5.83. The van der Waals surface area contributed by atoms with Gasteiger partial charge in [0.25, 0.3) is 0 Å². The lowest BCUT2D eigenvalue weighted by Crippen LogP contribution is -2.37. The van der Waals surface area contributed by atoms with E-state index in [-0.39, 0.29) is 0 Å². The zero-order valence-electron chi connectivity index (χ0n) is 12.9. The van der Waals surface area contributed by atoms with Crippen molar-refractivity contribution in [3.05, 3.63) is 30.1 Å². The summed E-state index contributed by atoms with van der Waals surface area (Å²) in [5.41, 5.74) is 8.55. The van der Waals surface area contributed by atoms with Crippen LogP contribution in [0.15, 0.2) is 24.3 Å². The molecule has 2 heterocycles. The van der Waals surface area contributed by atoms with Crippen molar-refractivity contribution < 1.29 is 9.47 Å². The summed E-state index contributed by atoms with van der Waals surface area (Å²) in [7, 11) is 1.64. The van der Waals surface area contributed by atoms with Gasteiger partial charge in [-0.05, 0) is 19.1 Å². The summed E-state index contributed by atoms with van der Waals surface area (Å²) in [4.78, 5) is 11.2. The van der Waals surface area contributed by atoms with Gasteiger partial charge in [-0.1, -0.05) is 12.1 Å². The number of anilines is 2. The first-order chi connectivity index (χ1) is 10.7. The summed E-state index contributed by atoms with van der Waals surface area (Å²) < 4.78 is 10.8. The Morgan fingerprint density at radius 2 is 1.91 bits per heavy atom. The highest BCUT2D eigenvalue weighted by Crippen LogP contribution is 2.36. The van der Waals surface area contributed by atoms with Gasteiger partial charge < -0.3 is 20.1 Å². The number of nitrogens with two attached hydrogens (primary N) is 1. The second-order valence-corrected chi connectivity index (χ2v) is 5.16. The van der Waals surface area contributed by atoms with Crippen molar-refractivity contribution in [1.82, 2.24) is 9.97 Å². The van der Waals surface area contributed by atoms with Crippen LogP contribution in [0.3, 0.4) is 0 Å². The quantitative estimate of drug-likeness (QED) is 0.933. The summed E-state index contributed by atoms with van der Waals surface area (Å²) in [6.07, 6.45) is 0. The Morgan fingerprint density at radius 1 is 1.18 bits per heavy atom. The molecule has 22 heavy (non-hydrogen) atoms. The van der Waals surface area contributed by atoms with Crippen molar-refractivity contribution in [2.75, 3.05) is 44.0 Å². The minimum atomic E-state index is 0.581. The lowest BCUT2D eigenvalue weighted by molar-refractivity contribution is 0.122. The summed E-state index contributed by atoms with van der Waals surface area (Å²) in [6.45, 7) is 4.82. The van der Waals surface area contributed by atoms with Gasteiger partial charge in [-0.3, -0.25) is 0 Å². The fourth-order valence-corrected chi connectivity index (χ4v) is 2.63. The summed E-state index contributed by atoms with van der Waals surface area (Å²) in [5.74, 6) is 2.22. The van der Waals surface area contributed by atoms with Crippen LogP contribution in [-0.2, 0) is 4.74 Å². The molecule has 1 aliphatic heterocycles. The number of benzene rings is 1. The molecule has 1 saturated heterocycles. The van der Waals surface area contributed by atoms with E-state index in [1.54, 1.807) is 7.11 Å². The molecule has 0 atom stereocenters. The molecule has 2 N–H and O–H groups in total. The number of ether oxygens (including phenoxy) is 2. The zero-order valence-corrected chi connectivity index (χ0v) is 12.9. The Morgan fingerprint density at radius 3 is 2.64 bits per heavy atom. The van der Waals surface area contributed by atoms with E-state index < -0.39 is 0 Å². The van der Waals surface area contributed by atoms with Crippen LogP contribution < -0.4 is 15.4 Å². The number of hydrogen-bond acceptors (Lipinski definition) is 6. The summed E-state index contributed by atoms with van der Waals surface area (Å²) in [5, 5.41) is 0. The van der Waals surface area contributed by atoms with E-state index in [0.717, 1.165) is 30.2 Å². The van der Waals surface area contributed by atoms with Crippen LogP contribution in [0.2, 0.25) is 0 Å². The number of para-hydroxylation sites is 1. The normalized spacial score (nSPS) is 14.9. The van der Waals surface area contributed by atoms with E-state index in [2.05, 4.69) is 14.9 Å². The Kier molecular flexibility index (Phi) is 4.11. The highest BCUT2D eigenvalue weighted by Gasteiger charge is 2.20. The van der Waals surface area contributed by atoms with Crippen molar-refractivity contribution in [2.45, 2.75) is 6.92 Å². The van der Waals surface area contributed by atoms with Crippen LogP contribution in [0.5, 0.6) is 5.75 Å². The summed E-state index contributed by atoms with van der Waals surface area (Å²) in [6, 6.07) is 7.74. The van der Waals surface area contributed by atoms with Crippen LogP contribution >= 0.6 is 0 Å². The molecule has 0 aliphatic carbocycles. The number of morpholine rings is 1. The van der Waals surface area contributed by atoms with E-state index in [0.29, 0.717) is 30.4 Å². The maximum Gasteiger partial charge on any atom is 0.156 e. The lowest BCUT2D eigenvalue weighted by Gasteiger charge is -2.29. The smallest absolute Gasteiger partial charge is 0.156 e. The number of nitrogens with zero attached hydrogens (tertiary/aromatic N) is 3. The molecule has 0 unspecified atom stereocenters. The van der Waals surface area contributed by atoms with Crippen LogP contribution in [-0.4, -0.2) is 43.4 Å². The Bertz CT molecular complexity index is 669. The van der Waals surface area contributed by atoms with Gasteiger partial charge in [0.15, 0.2) is 5.82 Å². The first-order valence-corrected chi connectivity index (χ1v) is 7.31. The van der Waals surface area contributed by atoms with Gasteiger partial charge in [-0.2, -0.15) is 0 Å². The second-order valence-electron chi connectivity index (χ2n) is 5.16. The van der Waals surface area contributed by atoms with Crippen LogP contribution in [0.4, 0.5) is 11.5 Å². The van der Waals surface area contributed by atoms with E-state index in [1.807, 2.05) is 31.2 Å². The third kappa shape index (κ3) is 2.69. The van der Waals surface area contributed by atoms with E-state index in [4.69, 9.17) is 15.2 Å². The molecule has 116 valence electrons. The molecule has 1 aromatic carbocycles. The third-order valence-corrected chi connectivity index (χ3v) is 3.71. The maximum absolute atomic E-state index is 6.38. The molecule has 2 aromatic rings. The molecule has 6 nitrogen and oxygen atoms in total. The highest BCUT2D eigenvalue weighted by atomic mass is 16.5. The fourth-order valence-electron chi connectivity index (χ4n) is 2.63. The van der Waals surface area contributed by atoms with Crippen molar-refractivity contribution in [3.63, 3.8) is 0 Å². The number of methoxy groups -OCH3 is 1. The Labute approximate surface area is 129 Å². The van der Waals surface area contributed by atoms with Crippen LogP contribution in [0.1, 0.15) is 5.82 Å². The largest absolute Gasteiger partial charge is 0.496 e. The lowest BCUT2D eigenvalue weighted by atomic mass is 10.1. The van der Waals surface area contributed by atoms with Gasteiger partial charge >= 0.3 is 0 Å². The molecule has 1 aliphatic rings. The zero-order chi connectivity index (χ0) is 15.5. The van der Waals surface area contributed by atoms with Crippen LogP contribution in [0, 0.1) is 6.92 Å². The van der Waals surface area contributed by atoms with Crippen molar-refractivity contribution in [2.24, 2.45) is 0 Å². The molecule has 0 amide bonds.